The molecular formula is C9H14N2O. The second-order valence-electron chi connectivity index (χ2n) is 3.37. The normalized spacial score (nSPS) is 17.8. The van der Waals surface area contributed by atoms with Crippen molar-refractivity contribution in [2.75, 3.05) is 0 Å². The first-order valence-electron chi connectivity index (χ1n) is 4.49. The highest BCUT2D eigenvalue weighted by atomic mass is 16.4. The van der Waals surface area contributed by atoms with Gasteiger partial charge in [0.1, 0.15) is 5.76 Å². The van der Waals surface area contributed by atoms with E-state index in [-0.39, 0.29) is 0 Å². The number of aryl methyl sites for hydroxylation is 1. The van der Waals surface area contributed by atoms with Crippen LogP contribution in [0.2, 0.25) is 0 Å². The van der Waals surface area contributed by atoms with Crippen molar-refractivity contribution in [1.29, 1.82) is 0 Å². The standard InChI is InChI=1S/C9H14N2O/c1-7-5-11-9(12-7)6-10-8-3-2-4-8/h5,8,10H,2-4,6H2,1H3. The zero-order valence-electron chi connectivity index (χ0n) is 7.34. The van der Waals surface area contributed by atoms with Gasteiger partial charge in [0.2, 0.25) is 5.89 Å². The summed E-state index contributed by atoms with van der Waals surface area (Å²) in [6.07, 6.45) is 5.74. The van der Waals surface area contributed by atoms with Gasteiger partial charge in [0.15, 0.2) is 0 Å². The Morgan fingerprint density at radius 1 is 1.67 bits per heavy atom. The van der Waals surface area contributed by atoms with Gasteiger partial charge in [-0.25, -0.2) is 4.98 Å². The van der Waals surface area contributed by atoms with E-state index in [1.54, 1.807) is 6.20 Å². The molecule has 0 atom stereocenters. The molecule has 0 unspecified atom stereocenters. The minimum absolute atomic E-state index is 0.706. The summed E-state index contributed by atoms with van der Waals surface area (Å²) >= 11 is 0. The molecule has 1 aromatic rings. The average Bonchev–Trinajstić information content (AvgIpc) is 2.32. The molecule has 12 heavy (non-hydrogen) atoms. The zero-order valence-corrected chi connectivity index (χ0v) is 7.34. The zero-order chi connectivity index (χ0) is 8.39. The van der Waals surface area contributed by atoms with Crippen molar-refractivity contribution >= 4 is 0 Å². The van der Waals surface area contributed by atoms with E-state index >= 15 is 0 Å². The van der Waals surface area contributed by atoms with E-state index in [4.69, 9.17) is 4.42 Å². The van der Waals surface area contributed by atoms with Gasteiger partial charge in [-0.3, -0.25) is 0 Å². The fourth-order valence-electron chi connectivity index (χ4n) is 1.33. The second-order valence-corrected chi connectivity index (χ2v) is 3.37. The quantitative estimate of drug-likeness (QED) is 0.741. The Balaban J connectivity index is 1.79. The number of nitrogens with one attached hydrogen (secondary N) is 1. The predicted molar refractivity (Wildman–Crippen MR) is 45.7 cm³/mol. The highest BCUT2D eigenvalue weighted by Gasteiger charge is 2.16. The maximum absolute atomic E-state index is 5.33. The molecule has 1 N–H and O–H groups in total. The molecule has 1 aromatic heterocycles. The Bertz CT molecular complexity index is 253. The highest BCUT2D eigenvalue weighted by molar-refractivity contribution is 4.91. The van der Waals surface area contributed by atoms with E-state index in [1.165, 1.54) is 19.3 Å². The number of nitrogens with zero attached hydrogens (tertiary/aromatic N) is 1. The fraction of sp³-hybridized carbons (Fsp3) is 0.667. The highest BCUT2D eigenvalue weighted by Crippen LogP contribution is 2.18. The summed E-state index contributed by atoms with van der Waals surface area (Å²) in [6.45, 7) is 2.69. The van der Waals surface area contributed by atoms with Crippen LogP contribution in [0.1, 0.15) is 30.9 Å². The van der Waals surface area contributed by atoms with Crippen LogP contribution >= 0.6 is 0 Å². The SMILES string of the molecule is Cc1cnc(CNC2CCC2)o1. The summed E-state index contributed by atoms with van der Waals surface area (Å²) in [7, 11) is 0. The second kappa shape index (κ2) is 3.27. The topological polar surface area (TPSA) is 38.1 Å². The number of oxazole rings is 1. The first kappa shape index (κ1) is 7.80. The van der Waals surface area contributed by atoms with E-state index in [2.05, 4.69) is 10.3 Å². The molecule has 1 aliphatic rings. The third kappa shape index (κ3) is 1.67. The van der Waals surface area contributed by atoms with Crippen molar-refractivity contribution in [2.45, 2.75) is 38.8 Å². The average molecular weight is 166 g/mol. The smallest absolute Gasteiger partial charge is 0.208 e. The Labute approximate surface area is 72.2 Å². The van der Waals surface area contributed by atoms with Gasteiger partial charge < -0.3 is 9.73 Å². The van der Waals surface area contributed by atoms with Crippen molar-refractivity contribution in [3.05, 3.63) is 17.8 Å². The van der Waals surface area contributed by atoms with E-state index in [0.29, 0.717) is 6.04 Å². The molecule has 1 aliphatic carbocycles. The summed E-state index contributed by atoms with van der Waals surface area (Å²) in [6, 6.07) is 0.706. The van der Waals surface area contributed by atoms with Crippen molar-refractivity contribution in [2.24, 2.45) is 0 Å². The van der Waals surface area contributed by atoms with E-state index in [1.807, 2.05) is 6.92 Å². The van der Waals surface area contributed by atoms with Gasteiger partial charge in [-0.15, -0.1) is 0 Å². The monoisotopic (exact) mass is 166 g/mol. The molecule has 0 bridgehead atoms. The van der Waals surface area contributed by atoms with Crippen LogP contribution in [0.5, 0.6) is 0 Å². The molecule has 1 saturated carbocycles. The Morgan fingerprint density at radius 2 is 2.50 bits per heavy atom. The Morgan fingerprint density at radius 3 is 3.00 bits per heavy atom. The van der Waals surface area contributed by atoms with E-state index in [9.17, 15) is 0 Å². The molecule has 0 spiro atoms. The minimum Gasteiger partial charge on any atom is -0.445 e. The molecule has 0 aromatic carbocycles. The molecule has 2 rings (SSSR count). The molecule has 0 saturated heterocycles. The van der Waals surface area contributed by atoms with Crippen molar-refractivity contribution in [3.63, 3.8) is 0 Å². The van der Waals surface area contributed by atoms with Crippen LogP contribution in [0, 0.1) is 6.92 Å². The number of rotatable bonds is 3. The summed E-state index contributed by atoms with van der Waals surface area (Å²) in [5.41, 5.74) is 0. The van der Waals surface area contributed by atoms with Gasteiger partial charge in [0, 0.05) is 6.04 Å². The molecule has 1 fully saturated rings. The van der Waals surface area contributed by atoms with Crippen molar-refractivity contribution < 1.29 is 4.42 Å². The third-order valence-electron chi connectivity index (χ3n) is 2.32. The Kier molecular flexibility index (Phi) is 2.13. The van der Waals surface area contributed by atoms with Gasteiger partial charge in [0.05, 0.1) is 12.7 Å². The number of aromatic nitrogens is 1. The molecular weight excluding hydrogens is 152 g/mol. The van der Waals surface area contributed by atoms with Crippen LogP contribution < -0.4 is 5.32 Å². The van der Waals surface area contributed by atoms with Gasteiger partial charge >= 0.3 is 0 Å². The largest absolute Gasteiger partial charge is 0.445 e. The maximum Gasteiger partial charge on any atom is 0.208 e. The van der Waals surface area contributed by atoms with Crippen molar-refractivity contribution in [3.8, 4) is 0 Å². The van der Waals surface area contributed by atoms with Crippen LogP contribution in [-0.2, 0) is 6.54 Å². The van der Waals surface area contributed by atoms with Gasteiger partial charge in [-0.1, -0.05) is 6.42 Å². The molecule has 66 valence electrons. The molecule has 0 amide bonds. The summed E-state index contributed by atoms with van der Waals surface area (Å²) < 4.78 is 5.33. The lowest BCUT2D eigenvalue weighted by Gasteiger charge is -2.25. The Hall–Kier alpha value is -0.830. The summed E-state index contributed by atoms with van der Waals surface area (Å²) in [4.78, 5) is 4.12. The number of hydrogen-bond acceptors (Lipinski definition) is 3. The first-order chi connectivity index (χ1) is 5.84. The lowest BCUT2D eigenvalue weighted by Crippen LogP contribution is -2.34. The maximum atomic E-state index is 5.33. The van der Waals surface area contributed by atoms with E-state index in [0.717, 1.165) is 18.2 Å². The molecule has 1 heterocycles. The van der Waals surface area contributed by atoms with Gasteiger partial charge in [-0.05, 0) is 19.8 Å². The third-order valence-corrected chi connectivity index (χ3v) is 2.32. The molecule has 0 aliphatic heterocycles. The van der Waals surface area contributed by atoms with Crippen molar-refractivity contribution in [1.82, 2.24) is 10.3 Å². The van der Waals surface area contributed by atoms with E-state index < -0.39 is 0 Å². The lowest BCUT2D eigenvalue weighted by molar-refractivity contribution is 0.320. The molecule has 0 radical (unpaired) electrons. The summed E-state index contributed by atoms with van der Waals surface area (Å²) in [5.74, 6) is 1.69. The lowest BCUT2D eigenvalue weighted by atomic mass is 9.93. The van der Waals surface area contributed by atoms with Crippen LogP contribution in [0.4, 0.5) is 0 Å². The van der Waals surface area contributed by atoms with Crippen LogP contribution in [-0.4, -0.2) is 11.0 Å². The van der Waals surface area contributed by atoms with Gasteiger partial charge in [0.25, 0.3) is 0 Å². The number of hydrogen-bond donors (Lipinski definition) is 1. The van der Waals surface area contributed by atoms with Gasteiger partial charge in [-0.2, -0.15) is 0 Å². The molecule has 3 heteroatoms. The van der Waals surface area contributed by atoms with Crippen LogP contribution in [0.25, 0.3) is 0 Å². The predicted octanol–water partition coefficient (Wildman–Crippen LogP) is 1.63. The van der Waals surface area contributed by atoms with Crippen LogP contribution in [0.3, 0.4) is 0 Å². The molecule has 3 nitrogen and oxygen atoms in total. The fourth-order valence-corrected chi connectivity index (χ4v) is 1.33. The first-order valence-corrected chi connectivity index (χ1v) is 4.49. The minimum atomic E-state index is 0.706. The summed E-state index contributed by atoms with van der Waals surface area (Å²) in [5, 5.41) is 3.39. The van der Waals surface area contributed by atoms with Crippen LogP contribution in [0.15, 0.2) is 10.6 Å².